The van der Waals surface area contributed by atoms with Gasteiger partial charge in [0.05, 0.1) is 38.6 Å². The molecule has 3 heterocycles. The number of hydrogen-bond donors (Lipinski definition) is 12. The minimum absolute atomic E-state index is 0.239. The summed E-state index contributed by atoms with van der Waals surface area (Å²) in [6, 6.07) is -0.892. The second-order valence-corrected chi connectivity index (χ2v) is 30.6. The van der Waals surface area contributed by atoms with Crippen molar-refractivity contribution in [1.82, 2.24) is 5.32 Å². The maximum atomic E-state index is 13.5. The molecule has 618 valence electrons. The average molecular weight is 1510 g/mol. The number of ether oxygens (including phenoxy) is 6. The molecule has 106 heavy (non-hydrogen) atoms. The van der Waals surface area contributed by atoms with Gasteiger partial charge in [0.25, 0.3) is 0 Å². The third-order valence-electron chi connectivity index (χ3n) is 21.3. The maximum Gasteiger partial charge on any atom is 0.220 e. The average Bonchev–Trinajstić information content (AvgIpc) is 0.779. The molecule has 0 bridgehead atoms. The summed E-state index contributed by atoms with van der Waals surface area (Å²) in [5, 5.41) is 121. The number of carbonyl (C=O) groups is 1. The highest BCUT2D eigenvalue weighted by molar-refractivity contribution is 5.76. The topological polar surface area (TPSA) is 307 Å². The van der Waals surface area contributed by atoms with E-state index in [4.69, 9.17) is 28.4 Å². The third kappa shape index (κ3) is 45.7. The molecule has 17 unspecified atom stereocenters. The Bertz CT molecular complexity index is 2190. The van der Waals surface area contributed by atoms with Crippen LogP contribution in [0.2, 0.25) is 0 Å². The summed E-state index contributed by atoms with van der Waals surface area (Å²) in [5.41, 5.74) is 0. The van der Waals surface area contributed by atoms with Crippen molar-refractivity contribution < 1.29 is 89.4 Å². The number of nitrogens with one attached hydrogen (secondary N) is 1. The summed E-state index contributed by atoms with van der Waals surface area (Å²) in [7, 11) is 0. The Morgan fingerprint density at radius 3 is 1.02 bits per heavy atom. The molecule has 3 fully saturated rings. The lowest BCUT2D eigenvalue weighted by Gasteiger charge is -2.48. The summed E-state index contributed by atoms with van der Waals surface area (Å²) in [4.78, 5) is 13.5. The van der Waals surface area contributed by atoms with Crippen molar-refractivity contribution >= 4 is 5.91 Å². The zero-order valence-electron chi connectivity index (χ0n) is 66.4. The van der Waals surface area contributed by atoms with Gasteiger partial charge < -0.3 is 89.9 Å². The van der Waals surface area contributed by atoms with Crippen LogP contribution in [0.4, 0.5) is 0 Å². The van der Waals surface area contributed by atoms with Crippen molar-refractivity contribution in [2.24, 2.45) is 0 Å². The molecule has 19 nitrogen and oxygen atoms in total. The molecule has 3 rings (SSSR count). The van der Waals surface area contributed by atoms with Gasteiger partial charge in [0.1, 0.15) is 73.2 Å². The SMILES string of the molecule is CC/C=C\C/C=C\C/C=C\C/C=C\C/C=C\C/C=C\CCCCCCCCCCCCCCCCCCC(=O)NC(COC1OC(CO)C(OC2OC(CO)C(OC3OC(CO)C(O)C(O)C3O)C(O)C2O)C(O)C1O)C(O)CCCCCCCCCCCCCCCCCCCCCCCCCCCC. The van der Waals surface area contributed by atoms with Gasteiger partial charge in [-0.25, -0.2) is 0 Å². The Balaban J connectivity index is 1.33. The van der Waals surface area contributed by atoms with Crippen LogP contribution in [0.25, 0.3) is 0 Å². The Kier molecular flexibility index (Phi) is 61.4. The van der Waals surface area contributed by atoms with E-state index in [1.54, 1.807) is 0 Å². The number of amides is 1. The quantitative estimate of drug-likeness (QED) is 0.0199. The molecule has 1 amide bonds. The molecule has 0 spiro atoms. The van der Waals surface area contributed by atoms with Crippen molar-refractivity contribution in [3.8, 4) is 0 Å². The first kappa shape index (κ1) is 97.4. The lowest BCUT2D eigenvalue weighted by Crippen LogP contribution is -2.66. The van der Waals surface area contributed by atoms with Gasteiger partial charge in [-0.15, -0.1) is 0 Å². The zero-order valence-corrected chi connectivity index (χ0v) is 66.4. The number of aliphatic hydroxyl groups is 11. The molecule has 17 atom stereocenters. The molecule has 0 radical (unpaired) electrons. The van der Waals surface area contributed by atoms with Crippen LogP contribution >= 0.6 is 0 Å². The van der Waals surface area contributed by atoms with Crippen molar-refractivity contribution in [2.45, 2.75) is 446 Å². The molecule has 0 aromatic carbocycles. The van der Waals surface area contributed by atoms with E-state index in [0.29, 0.717) is 12.8 Å². The molecule has 0 saturated carbocycles. The fourth-order valence-electron chi connectivity index (χ4n) is 14.4. The summed E-state index contributed by atoms with van der Waals surface area (Å²) < 4.78 is 34.6. The van der Waals surface area contributed by atoms with Crippen molar-refractivity contribution in [2.75, 3.05) is 26.4 Å². The molecular formula is C87H157NO18. The van der Waals surface area contributed by atoms with E-state index in [2.05, 4.69) is 92.1 Å². The van der Waals surface area contributed by atoms with Gasteiger partial charge in [0.15, 0.2) is 18.9 Å². The second-order valence-electron chi connectivity index (χ2n) is 30.6. The summed E-state index contributed by atoms with van der Waals surface area (Å²) in [5.74, 6) is -0.239. The van der Waals surface area contributed by atoms with E-state index >= 15 is 0 Å². The summed E-state index contributed by atoms with van der Waals surface area (Å²) in [6.07, 6.45) is 61.3. The first-order valence-corrected chi connectivity index (χ1v) is 43.2. The van der Waals surface area contributed by atoms with Crippen LogP contribution in [0.3, 0.4) is 0 Å². The van der Waals surface area contributed by atoms with E-state index in [1.807, 2.05) is 0 Å². The van der Waals surface area contributed by atoms with Crippen LogP contribution in [-0.2, 0) is 33.2 Å². The minimum atomic E-state index is -1.97. The highest BCUT2D eigenvalue weighted by Gasteiger charge is 2.54. The van der Waals surface area contributed by atoms with Gasteiger partial charge in [-0.3, -0.25) is 4.79 Å². The van der Waals surface area contributed by atoms with Gasteiger partial charge in [0, 0.05) is 6.42 Å². The Morgan fingerprint density at radius 2 is 0.651 bits per heavy atom. The molecule has 0 aliphatic carbocycles. The monoisotopic (exact) mass is 1500 g/mol. The van der Waals surface area contributed by atoms with Crippen LogP contribution in [0, 0.1) is 0 Å². The Morgan fingerprint density at radius 1 is 0.349 bits per heavy atom. The smallest absolute Gasteiger partial charge is 0.220 e. The summed E-state index contributed by atoms with van der Waals surface area (Å²) >= 11 is 0. The van der Waals surface area contributed by atoms with Crippen LogP contribution in [-0.4, -0.2) is 193 Å². The lowest BCUT2D eigenvalue weighted by atomic mass is 9.96. The van der Waals surface area contributed by atoms with Crippen molar-refractivity contribution in [3.63, 3.8) is 0 Å². The first-order valence-electron chi connectivity index (χ1n) is 43.2. The normalized spacial score (nSPS) is 26.0. The van der Waals surface area contributed by atoms with E-state index in [9.17, 15) is 61.0 Å². The van der Waals surface area contributed by atoms with Crippen LogP contribution in [0.5, 0.6) is 0 Å². The number of aliphatic hydroxyl groups excluding tert-OH is 11. The fraction of sp³-hybridized carbons (Fsp3) is 0.851. The van der Waals surface area contributed by atoms with Crippen molar-refractivity contribution in [1.29, 1.82) is 0 Å². The van der Waals surface area contributed by atoms with E-state index < -0.39 is 124 Å². The van der Waals surface area contributed by atoms with E-state index in [1.165, 1.54) is 225 Å². The van der Waals surface area contributed by atoms with Crippen LogP contribution in [0.15, 0.2) is 72.9 Å². The van der Waals surface area contributed by atoms with Crippen LogP contribution < -0.4 is 5.32 Å². The minimum Gasteiger partial charge on any atom is -0.394 e. The lowest BCUT2D eigenvalue weighted by molar-refractivity contribution is -0.379. The highest BCUT2D eigenvalue weighted by atomic mass is 16.8. The number of hydrogen-bond acceptors (Lipinski definition) is 18. The highest BCUT2D eigenvalue weighted by Crippen LogP contribution is 2.33. The van der Waals surface area contributed by atoms with Gasteiger partial charge in [-0.05, 0) is 64.2 Å². The molecular weight excluding hydrogens is 1350 g/mol. The summed E-state index contributed by atoms with van der Waals surface area (Å²) in [6.45, 7) is 1.74. The number of carbonyl (C=O) groups excluding carboxylic acids is 1. The number of rotatable bonds is 69. The second kappa shape index (κ2) is 66.8. The maximum absolute atomic E-state index is 13.5. The Hall–Kier alpha value is -2.77. The molecule has 3 aliphatic heterocycles. The number of allylic oxidation sites excluding steroid dienone is 12. The predicted molar refractivity (Wildman–Crippen MR) is 425 cm³/mol. The molecule has 19 heteroatoms. The zero-order chi connectivity index (χ0) is 76.7. The molecule has 12 N–H and O–H groups in total. The third-order valence-corrected chi connectivity index (χ3v) is 21.3. The molecule has 3 aliphatic rings. The Labute approximate surface area is 642 Å². The van der Waals surface area contributed by atoms with E-state index in [-0.39, 0.29) is 18.9 Å². The molecule has 0 aromatic rings. The molecule has 0 aromatic heterocycles. The first-order chi connectivity index (χ1) is 51.8. The number of unbranched alkanes of at least 4 members (excludes halogenated alkanes) is 41. The fourth-order valence-corrected chi connectivity index (χ4v) is 14.4. The molecule has 3 saturated heterocycles. The van der Waals surface area contributed by atoms with Gasteiger partial charge in [-0.1, -0.05) is 344 Å². The van der Waals surface area contributed by atoms with E-state index in [0.717, 1.165) is 83.5 Å². The van der Waals surface area contributed by atoms with Crippen molar-refractivity contribution in [3.05, 3.63) is 72.9 Å². The van der Waals surface area contributed by atoms with Crippen LogP contribution in [0.1, 0.15) is 341 Å². The largest absolute Gasteiger partial charge is 0.394 e. The standard InChI is InChI=1S/C87H157NO18/c1-3-5-7-9-11-13-15-17-19-21-23-25-27-29-31-32-33-34-35-36-37-38-39-41-43-45-47-49-51-53-55-57-59-61-63-65-75(93)88-70(71(92)64-62-60-58-56-54-52-50-48-46-44-42-40-30-28-26-24-22-20-18-16-14-12-10-8-6-4-2)69-101-85-81(99)78(96)83(73(67-90)103-85)106-87-82(100)79(97)84(74(68-91)104-87)105-86-80(98)77(95)76(94)72(66-89)102-86/h5,7,11,13,17,19,23,25,29,31,33-34,70-74,76-87,89-92,94-100H,3-4,6,8-10,12,14-16,18,20-22,24,26-28,30,32,35-69H2,1-2H3,(H,88,93)/b7-5-,13-11-,19-17-,25-23-,31-29-,34-33-. The van der Waals surface area contributed by atoms with Gasteiger partial charge in [-0.2, -0.15) is 0 Å². The van der Waals surface area contributed by atoms with Gasteiger partial charge >= 0.3 is 0 Å². The predicted octanol–water partition coefficient (Wildman–Crippen LogP) is 15.6. The van der Waals surface area contributed by atoms with Gasteiger partial charge in [0.2, 0.25) is 5.91 Å².